The third-order valence-electron chi connectivity index (χ3n) is 6.40. The number of anilines is 1. The molecule has 188 valence electrons. The molecular formula is C31H28Cl2IN3. The van der Waals surface area contributed by atoms with Crippen molar-refractivity contribution in [2.24, 2.45) is 4.99 Å². The van der Waals surface area contributed by atoms with Crippen LogP contribution in [0.15, 0.2) is 102 Å². The van der Waals surface area contributed by atoms with Crippen LogP contribution in [-0.2, 0) is 0 Å². The van der Waals surface area contributed by atoms with Gasteiger partial charge in [-0.1, -0.05) is 36.4 Å². The van der Waals surface area contributed by atoms with Crippen LogP contribution in [-0.4, -0.2) is 31.1 Å². The maximum atomic E-state index is 5.97. The van der Waals surface area contributed by atoms with Gasteiger partial charge in [0.15, 0.2) is 0 Å². The van der Waals surface area contributed by atoms with Gasteiger partial charge < -0.3 is 28.9 Å². The molecule has 1 heterocycles. The minimum Gasteiger partial charge on any atom is -1.00 e. The van der Waals surface area contributed by atoms with Gasteiger partial charge >= 0.3 is 0 Å². The summed E-state index contributed by atoms with van der Waals surface area (Å²) in [5, 5.41) is 3.70. The number of halogens is 3. The minimum absolute atomic E-state index is 0. The van der Waals surface area contributed by atoms with Crippen molar-refractivity contribution in [1.82, 2.24) is 0 Å². The smallest absolute Gasteiger partial charge is 0.230 e. The van der Waals surface area contributed by atoms with Gasteiger partial charge in [-0.3, -0.25) is 0 Å². The molecule has 1 aromatic heterocycles. The molecule has 0 aliphatic heterocycles. The lowest BCUT2D eigenvalue weighted by atomic mass is 10.0. The number of aryl methyl sites for hydroxylation is 1. The summed E-state index contributed by atoms with van der Waals surface area (Å²) < 4.78 is 2.29. The zero-order chi connectivity index (χ0) is 24.9. The van der Waals surface area contributed by atoms with E-state index < -0.39 is 0 Å². The molecule has 0 unspecified atom stereocenters. The molecule has 5 rings (SSSR count). The molecule has 5 aromatic rings. The van der Waals surface area contributed by atoms with E-state index in [0.717, 1.165) is 41.4 Å². The summed E-state index contributed by atoms with van der Waals surface area (Å²) in [4.78, 5) is 7.02. The summed E-state index contributed by atoms with van der Waals surface area (Å²) in [6.07, 6.45) is 1.95. The summed E-state index contributed by atoms with van der Waals surface area (Å²) in [6.45, 7) is 3.65. The number of benzene rings is 4. The molecule has 37 heavy (non-hydrogen) atoms. The number of nitrogens with zero attached hydrogens (tertiary/aromatic N) is 3. The van der Waals surface area contributed by atoms with E-state index in [1.165, 1.54) is 21.7 Å². The van der Waals surface area contributed by atoms with E-state index in [1.807, 2.05) is 18.3 Å². The second kappa shape index (κ2) is 12.7. The van der Waals surface area contributed by atoms with Crippen LogP contribution < -0.4 is 33.4 Å². The van der Waals surface area contributed by atoms with Crippen LogP contribution in [0.2, 0.25) is 0 Å². The highest BCUT2D eigenvalue weighted by atomic mass is 127. The lowest BCUT2D eigenvalue weighted by molar-refractivity contribution is -0.568. The Hall–Kier alpha value is -2.67. The first kappa shape index (κ1) is 27.4. The van der Waals surface area contributed by atoms with Gasteiger partial charge in [-0.05, 0) is 59.7 Å². The van der Waals surface area contributed by atoms with Gasteiger partial charge in [-0.2, -0.15) is 4.57 Å². The summed E-state index contributed by atoms with van der Waals surface area (Å²) in [5.41, 5.74) is 6.49. The highest BCUT2D eigenvalue weighted by Crippen LogP contribution is 2.25. The molecular weight excluding hydrogens is 612 g/mol. The highest BCUT2D eigenvalue weighted by molar-refractivity contribution is 6.18. The predicted molar refractivity (Wildman–Crippen MR) is 155 cm³/mol. The summed E-state index contributed by atoms with van der Waals surface area (Å²) in [7, 11) is 0. The van der Waals surface area contributed by atoms with Crippen LogP contribution in [0.5, 0.6) is 0 Å². The van der Waals surface area contributed by atoms with Crippen molar-refractivity contribution in [3.8, 4) is 5.69 Å². The topological polar surface area (TPSA) is 19.5 Å². The first-order valence-corrected chi connectivity index (χ1v) is 13.2. The van der Waals surface area contributed by atoms with Gasteiger partial charge in [-0.25, -0.2) is 4.99 Å². The Balaban J connectivity index is 0.00000320. The van der Waals surface area contributed by atoms with Crippen molar-refractivity contribution in [3.63, 3.8) is 0 Å². The van der Waals surface area contributed by atoms with Crippen LogP contribution in [0.3, 0.4) is 0 Å². The summed E-state index contributed by atoms with van der Waals surface area (Å²) in [6, 6.07) is 34.1. The van der Waals surface area contributed by atoms with Gasteiger partial charge in [0.25, 0.3) is 0 Å². The largest absolute Gasteiger partial charge is 1.00 e. The molecule has 0 aliphatic carbocycles. The fraction of sp³-hybridized carbons (Fsp3) is 0.161. The van der Waals surface area contributed by atoms with Crippen LogP contribution >= 0.6 is 23.2 Å². The molecule has 0 atom stereocenters. The number of hydrogen-bond donors (Lipinski definition) is 0. The summed E-state index contributed by atoms with van der Waals surface area (Å²) in [5.74, 6) is 1.13. The number of aliphatic imine (C=N–C) groups is 1. The van der Waals surface area contributed by atoms with E-state index in [0.29, 0.717) is 11.8 Å². The van der Waals surface area contributed by atoms with E-state index in [9.17, 15) is 0 Å². The minimum atomic E-state index is 0. The highest BCUT2D eigenvalue weighted by Gasteiger charge is 2.19. The third-order valence-corrected chi connectivity index (χ3v) is 6.74. The average molecular weight is 640 g/mol. The van der Waals surface area contributed by atoms with Crippen molar-refractivity contribution in [2.45, 2.75) is 6.92 Å². The first-order chi connectivity index (χ1) is 17.7. The molecule has 4 aromatic carbocycles. The monoisotopic (exact) mass is 639 g/mol. The van der Waals surface area contributed by atoms with E-state index in [1.54, 1.807) is 0 Å². The van der Waals surface area contributed by atoms with Crippen molar-refractivity contribution in [3.05, 3.63) is 108 Å². The molecule has 0 fully saturated rings. The van der Waals surface area contributed by atoms with Gasteiger partial charge in [-0.15, -0.1) is 23.2 Å². The third kappa shape index (κ3) is 6.08. The lowest BCUT2D eigenvalue weighted by Gasteiger charge is -2.22. The molecule has 0 radical (unpaired) electrons. The molecule has 6 heteroatoms. The van der Waals surface area contributed by atoms with E-state index >= 15 is 0 Å². The normalized spacial score (nSPS) is 11.2. The number of rotatable bonds is 8. The Labute approximate surface area is 245 Å². The quantitative estimate of drug-likeness (QED) is 0.0798. The van der Waals surface area contributed by atoms with E-state index in [-0.39, 0.29) is 24.0 Å². The van der Waals surface area contributed by atoms with Crippen molar-refractivity contribution in [1.29, 1.82) is 0 Å². The van der Waals surface area contributed by atoms with Crippen LogP contribution in [0.4, 0.5) is 11.4 Å². The van der Waals surface area contributed by atoms with Gasteiger partial charge in [0.1, 0.15) is 0 Å². The second-order valence-corrected chi connectivity index (χ2v) is 9.55. The average Bonchev–Trinajstić information content (AvgIpc) is 2.91. The molecule has 0 amide bonds. The Morgan fingerprint density at radius 3 is 2.27 bits per heavy atom. The van der Waals surface area contributed by atoms with Crippen molar-refractivity contribution < 1.29 is 28.5 Å². The Morgan fingerprint density at radius 1 is 0.784 bits per heavy atom. The predicted octanol–water partition coefficient (Wildman–Crippen LogP) is 4.62. The zero-order valence-corrected chi connectivity index (χ0v) is 24.3. The van der Waals surface area contributed by atoms with Crippen LogP contribution in [0.1, 0.15) is 11.3 Å². The maximum absolute atomic E-state index is 5.97. The Morgan fingerprint density at radius 2 is 1.54 bits per heavy atom. The van der Waals surface area contributed by atoms with Crippen LogP contribution in [0.25, 0.3) is 27.4 Å². The first-order valence-electron chi connectivity index (χ1n) is 12.1. The molecule has 0 spiro atoms. The number of pyridine rings is 1. The Bertz CT molecular complexity index is 1530. The van der Waals surface area contributed by atoms with Crippen LogP contribution in [0, 0.1) is 6.92 Å². The number of alkyl halides is 2. The van der Waals surface area contributed by atoms with E-state index in [4.69, 9.17) is 28.2 Å². The molecule has 0 aliphatic rings. The number of hydrogen-bond acceptors (Lipinski definition) is 2. The van der Waals surface area contributed by atoms with E-state index in [2.05, 4.69) is 101 Å². The van der Waals surface area contributed by atoms with Gasteiger partial charge in [0, 0.05) is 54.8 Å². The zero-order valence-electron chi connectivity index (χ0n) is 20.6. The summed E-state index contributed by atoms with van der Waals surface area (Å²) >= 11 is 11.9. The fourth-order valence-electron chi connectivity index (χ4n) is 4.66. The molecule has 0 saturated heterocycles. The lowest BCUT2D eigenvalue weighted by Crippen LogP contribution is -3.00. The number of aromatic nitrogens is 1. The molecule has 0 N–H and O–H groups in total. The van der Waals surface area contributed by atoms with Gasteiger partial charge in [0.05, 0.1) is 17.3 Å². The van der Waals surface area contributed by atoms with Crippen molar-refractivity contribution >= 4 is 62.5 Å². The molecule has 3 nitrogen and oxygen atoms in total. The maximum Gasteiger partial charge on any atom is 0.230 e. The van der Waals surface area contributed by atoms with Crippen molar-refractivity contribution in [2.75, 3.05) is 29.7 Å². The number of fused-ring (bicyclic) bond motifs is 3. The second-order valence-electron chi connectivity index (χ2n) is 8.79. The standard InChI is InChI=1S/C31H28Cl2N3.HI/c1-23-5-4-7-27(21-23)36-28(14-15-30-29-8-3-2-6-24(29)9-16-31(30)36)22-34-25-10-12-26(13-11-25)35(19-17-32)20-18-33;/h2-16,21-22H,17-20H2,1H3;1H/q+1;/p-1. The molecule has 0 saturated carbocycles. The Kier molecular flexibility index (Phi) is 9.41. The van der Waals surface area contributed by atoms with Gasteiger partial charge in [0.2, 0.25) is 16.9 Å². The fourth-order valence-corrected chi connectivity index (χ4v) is 5.06. The SMILES string of the molecule is Cc1cccc(-[n+]2c(C=Nc3ccc(N(CCCl)CCCl)cc3)ccc3c4ccccc4ccc32)c1.[I-]. The molecule has 0 bridgehead atoms.